The third kappa shape index (κ3) is 4.82. The smallest absolute Gasteiger partial charge is 0.142 e. The Morgan fingerprint density at radius 3 is 2.00 bits per heavy atom. The normalized spacial score (nSPS) is 13.9. The van der Waals surface area contributed by atoms with Crippen LogP contribution in [0.25, 0.3) is 0 Å². The van der Waals surface area contributed by atoms with Gasteiger partial charge in [-0.2, -0.15) is 0 Å². The quantitative estimate of drug-likeness (QED) is 0.392. The van der Waals surface area contributed by atoms with Gasteiger partial charge in [0.25, 0.3) is 0 Å². The van der Waals surface area contributed by atoms with Gasteiger partial charge in [0.05, 0.1) is 6.20 Å². The Kier molecular flexibility index (Phi) is 7.12. The topological polar surface area (TPSA) is 76.7 Å². The Labute approximate surface area is 108 Å². The molecule has 0 saturated heterocycles. The van der Waals surface area contributed by atoms with E-state index in [9.17, 15) is 10.2 Å². The van der Waals surface area contributed by atoms with Crippen LogP contribution in [0.3, 0.4) is 0 Å². The number of hydrogen-bond acceptors (Lipinski definition) is 4. The molecule has 0 aliphatic rings. The number of allylic oxidation sites excluding steroid dienone is 5. The molecule has 3 N–H and O–H groups in total. The number of hydrogen-bond donors (Lipinski definition) is 3. The van der Waals surface area contributed by atoms with Crippen LogP contribution in [0.4, 0.5) is 0 Å². The molecule has 0 fully saturated rings. The Morgan fingerprint density at radius 1 is 1.06 bits per heavy atom. The Hall–Kier alpha value is -2.10. The highest BCUT2D eigenvalue weighted by atomic mass is 16.3. The van der Waals surface area contributed by atoms with Crippen LogP contribution in [0.15, 0.2) is 51.6 Å². The summed E-state index contributed by atoms with van der Waals surface area (Å²) in [6, 6.07) is 0. The van der Waals surface area contributed by atoms with Crippen molar-refractivity contribution in [3.05, 3.63) is 46.6 Å². The first-order chi connectivity index (χ1) is 8.47. The van der Waals surface area contributed by atoms with Gasteiger partial charge in [-0.25, -0.2) is 0 Å². The summed E-state index contributed by atoms with van der Waals surface area (Å²) in [4.78, 5) is 3.92. The summed E-state index contributed by atoms with van der Waals surface area (Å²) < 4.78 is 0. The van der Waals surface area contributed by atoms with Crippen molar-refractivity contribution in [1.29, 1.82) is 5.41 Å². The summed E-state index contributed by atoms with van der Waals surface area (Å²) in [6.45, 7) is 7.11. The van der Waals surface area contributed by atoms with Gasteiger partial charge in [-0.1, -0.05) is 12.2 Å². The van der Waals surface area contributed by atoms with E-state index < -0.39 is 0 Å². The molecule has 0 aromatic heterocycles. The van der Waals surface area contributed by atoms with Crippen LogP contribution in [0.1, 0.15) is 27.7 Å². The highest BCUT2D eigenvalue weighted by molar-refractivity contribution is 5.85. The maximum absolute atomic E-state index is 9.74. The van der Waals surface area contributed by atoms with Gasteiger partial charge in [-0.3, -0.25) is 4.99 Å². The summed E-state index contributed by atoms with van der Waals surface area (Å²) in [5, 5.41) is 26.4. The minimum Gasteiger partial charge on any atom is -0.507 e. The monoisotopic (exact) mass is 248 g/mol. The van der Waals surface area contributed by atoms with E-state index in [1.165, 1.54) is 12.4 Å². The Balaban J connectivity index is 5.03. The molecule has 0 bridgehead atoms. The van der Waals surface area contributed by atoms with Gasteiger partial charge in [-0.15, -0.1) is 0 Å². The highest BCUT2D eigenvalue weighted by Crippen LogP contribution is 2.10. The zero-order valence-electron chi connectivity index (χ0n) is 11.2. The molecule has 98 valence electrons. The van der Waals surface area contributed by atoms with Crippen LogP contribution < -0.4 is 0 Å². The molecule has 0 atom stereocenters. The molecule has 0 amide bonds. The van der Waals surface area contributed by atoms with Crippen LogP contribution in [-0.4, -0.2) is 22.6 Å². The number of aliphatic hydroxyl groups excluding tert-OH is 2. The molecular formula is C14H20N2O2. The zero-order chi connectivity index (χ0) is 14.1. The number of nitrogens with zero attached hydrogens (tertiary/aromatic N) is 1. The van der Waals surface area contributed by atoms with Crippen LogP contribution >= 0.6 is 0 Å². The average molecular weight is 248 g/mol. The first-order valence-electron chi connectivity index (χ1n) is 5.60. The third-order valence-electron chi connectivity index (χ3n) is 2.23. The van der Waals surface area contributed by atoms with Crippen LogP contribution in [0, 0.1) is 5.41 Å². The average Bonchev–Trinajstić information content (AvgIpc) is 2.35. The van der Waals surface area contributed by atoms with E-state index in [0.717, 1.165) is 11.8 Å². The summed E-state index contributed by atoms with van der Waals surface area (Å²) in [5.41, 5.74) is 1.76. The van der Waals surface area contributed by atoms with Crippen molar-refractivity contribution in [2.24, 2.45) is 4.99 Å². The lowest BCUT2D eigenvalue weighted by atomic mass is 10.1. The minimum atomic E-state index is -0.0871. The molecular weight excluding hydrogens is 228 g/mol. The van der Waals surface area contributed by atoms with Crippen molar-refractivity contribution in [3.63, 3.8) is 0 Å². The molecule has 0 aromatic rings. The molecule has 0 radical (unpaired) electrons. The predicted octanol–water partition coefficient (Wildman–Crippen LogP) is 3.85. The lowest BCUT2D eigenvalue weighted by Gasteiger charge is -2.01. The molecule has 0 aromatic carbocycles. The SMILES string of the molecule is C/C=C(/C=N\C=C(O)/C(C=N)=C\C)C(O)=C(C)C. The van der Waals surface area contributed by atoms with E-state index in [0.29, 0.717) is 11.1 Å². The van der Waals surface area contributed by atoms with E-state index in [-0.39, 0.29) is 11.5 Å². The summed E-state index contributed by atoms with van der Waals surface area (Å²) >= 11 is 0. The van der Waals surface area contributed by atoms with Crippen molar-refractivity contribution in [2.45, 2.75) is 27.7 Å². The number of nitrogens with one attached hydrogen (secondary N) is 1. The number of rotatable bonds is 5. The maximum Gasteiger partial charge on any atom is 0.142 e. The van der Waals surface area contributed by atoms with Crippen molar-refractivity contribution in [2.75, 3.05) is 0 Å². The lowest BCUT2D eigenvalue weighted by Crippen LogP contribution is -1.93. The predicted molar refractivity (Wildman–Crippen MR) is 76.5 cm³/mol. The molecule has 0 saturated carbocycles. The summed E-state index contributed by atoms with van der Waals surface area (Å²) in [6.07, 6.45) is 7.08. The van der Waals surface area contributed by atoms with Gasteiger partial charge < -0.3 is 15.6 Å². The standard InChI is InChI=1S/C14H20N2O2/c1-5-11(7-15)13(17)9-16-8-12(6-2)14(18)10(3)4/h5-9,15,17-18H,1-4H3/b11-5-,12-6-,13-9+,15-7?,16-8-. The first-order valence-corrected chi connectivity index (χ1v) is 5.60. The fourth-order valence-electron chi connectivity index (χ4n) is 1.13. The van der Waals surface area contributed by atoms with Crippen molar-refractivity contribution in [3.8, 4) is 0 Å². The fourth-order valence-corrected chi connectivity index (χ4v) is 1.13. The minimum absolute atomic E-state index is 0.0871. The van der Waals surface area contributed by atoms with E-state index >= 15 is 0 Å². The summed E-state index contributed by atoms with van der Waals surface area (Å²) in [7, 11) is 0. The van der Waals surface area contributed by atoms with Gasteiger partial charge in [0.2, 0.25) is 0 Å². The van der Waals surface area contributed by atoms with Gasteiger partial charge >= 0.3 is 0 Å². The van der Waals surface area contributed by atoms with Gasteiger partial charge in [0.1, 0.15) is 11.5 Å². The molecule has 0 aliphatic heterocycles. The van der Waals surface area contributed by atoms with Gasteiger partial charge in [-0.05, 0) is 33.3 Å². The zero-order valence-corrected chi connectivity index (χ0v) is 11.2. The Bertz CT molecular complexity index is 448. The van der Waals surface area contributed by atoms with E-state index in [4.69, 9.17) is 5.41 Å². The lowest BCUT2D eigenvalue weighted by molar-refractivity contribution is 0.421. The molecule has 0 rings (SSSR count). The second-order valence-corrected chi connectivity index (χ2v) is 3.77. The van der Waals surface area contributed by atoms with Crippen LogP contribution in [0.5, 0.6) is 0 Å². The number of aliphatic hydroxyl groups is 2. The van der Waals surface area contributed by atoms with E-state index in [2.05, 4.69) is 4.99 Å². The van der Waals surface area contributed by atoms with E-state index in [1.807, 2.05) is 0 Å². The highest BCUT2D eigenvalue weighted by Gasteiger charge is 2.01. The van der Waals surface area contributed by atoms with Crippen molar-refractivity contribution < 1.29 is 10.2 Å². The molecule has 0 heterocycles. The first kappa shape index (κ1) is 15.9. The van der Waals surface area contributed by atoms with E-state index in [1.54, 1.807) is 39.8 Å². The molecule has 4 nitrogen and oxygen atoms in total. The Morgan fingerprint density at radius 2 is 1.61 bits per heavy atom. The van der Waals surface area contributed by atoms with Crippen molar-refractivity contribution >= 4 is 12.4 Å². The second-order valence-electron chi connectivity index (χ2n) is 3.77. The van der Waals surface area contributed by atoms with Crippen molar-refractivity contribution in [1.82, 2.24) is 0 Å². The molecule has 4 heteroatoms. The maximum atomic E-state index is 9.74. The largest absolute Gasteiger partial charge is 0.507 e. The molecule has 0 spiro atoms. The van der Waals surface area contributed by atoms with Crippen LogP contribution in [-0.2, 0) is 0 Å². The molecule has 0 aliphatic carbocycles. The third-order valence-corrected chi connectivity index (χ3v) is 2.23. The van der Waals surface area contributed by atoms with Gasteiger partial charge in [0, 0.05) is 23.6 Å². The molecule has 18 heavy (non-hydrogen) atoms. The summed E-state index contributed by atoms with van der Waals surface area (Å²) in [5.74, 6) is 0.0864. The van der Waals surface area contributed by atoms with Crippen LogP contribution in [0.2, 0.25) is 0 Å². The molecule has 0 unspecified atom stereocenters. The second kappa shape index (κ2) is 8.06. The fraction of sp³-hybridized carbons (Fsp3) is 0.286. The van der Waals surface area contributed by atoms with Gasteiger partial charge in [0.15, 0.2) is 0 Å². The number of aliphatic imine (C=N–C) groups is 1.